The van der Waals surface area contributed by atoms with Gasteiger partial charge in [-0.1, -0.05) is 169 Å². The number of ether oxygens (including phenoxy) is 2. The van der Waals surface area contributed by atoms with E-state index in [1.807, 2.05) is 0 Å². The summed E-state index contributed by atoms with van der Waals surface area (Å²) in [6, 6.07) is 60.6. The molecule has 1 aromatic heterocycles. The van der Waals surface area contributed by atoms with E-state index in [1.54, 1.807) is 0 Å². The van der Waals surface area contributed by atoms with Crippen LogP contribution in [-0.2, 0) is 10.8 Å². The van der Waals surface area contributed by atoms with Crippen molar-refractivity contribution in [3.8, 4) is 45.3 Å². The zero-order valence-corrected chi connectivity index (χ0v) is 35.4. The van der Waals surface area contributed by atoms with Crippen molar-refractivity contribution in [1.29, 1.82) is 0 Å². The summed E-state index contributed by atoms with van der Waals surface area (Å²) < 4.78 is 21.2. The highest BCUT2D eigenvalue weighted by atomic mass is 16.5. The molecule has 0 radical (unpaired) electrons. The monoisotopic (exact) mass is 791 g/mol. The molecule has 3 heterocycles. The maximum Gasteiger partial charge on any atom is 0.260 e. The summed E-state index contributed by atoms with van der Waals surface area (Å²) >= 11 is 0. The zero-order chi connectivity index (χ0) is 41.6. The molecular formula is C56H46BNO3. The summed E-state index contributed by atoms with van der Waals surface area (Å²) in [7, 11) is 0. The number of nitrogens with zero attached hydrogens (tertiary/aromatic N) is 1. The van der Waals surface area contributed by atoms with Crippen molar-refractivity contribution in [2.75, 3.05) is 4.90 Å². The van der Waals surface area contributed by atoms with Gasteiger partial charge >= 0.3 is 0 Å². The zero-order valence-electron chi connectivity index (χ0n) is 35.4. The van der Waals surface area contributed by atoms with Gasteiger partial charge < -0.3 is 18.8 Å². The molecule has 0 atom stereocenters. The third-order valence-electron chi connectivity index (χ3n) is 12.5. The van der Waals surface area contributed by atoms with Crippen molar-refractivity contribution in [1.82, 2.24) is 0 Å². The van der Waals surface area contributed by atoms with Gasteiger partial charge in [-0.15, -0.1) is 0 Å². The van der Waals surface area contributed by atoms with Crippen LogP contribution < -0.4 is 30.8 Å². The van der Waals surface area contributed by atoms with Crippen molar-refractivity contribution >= 4 is 62.1 Å². The average Bonchev–Trinajstić information content (AvgIpc) is 3.66. The van der Waals surface area contributed by atoms with E-state index < -0.39 is 0 Å². The third kappa shape index (κ3) is 6.22. The summed E-state index contributed by atoms with van der Waals surface area (Å²) in [5, 5.41) is 2.19. The average molecular weight is 792 g/mol. The van der Waals surface area contributed by atoms with E-state index in [0.29, 0.717) is 0 Å². The maximum absolute atomic E-state index is 7.08. The van der Waals surface area contributed by atoms with Gasteiger partial charge in [-0.2, -0.15) is 0 Å². The second-order valence-electron chi connectivity index (χ2n) is 18.6. The van der Waals surface area contributed by atoms with Crippen LogP contribution in [0.15, 0.2) is 174 Å². The van der Waals surface area contributed by atoms with E-state index in [2.05, 4.69) is 216 Å². The number of hydrogen-bond donors (Lipinski definition) is 0. The van der Waals surface area contributed by atoms with Gasteiger partial charge in [0.15, 0.2) is 5.58 Å². The highest BCUT2D eigenvalue weighted by Gasteiger charge is 2.41. The van der Waals surface area contributed by atoms with Gasteiger partial charge in [0.2, 0.25) is 0 Å². The van der Waals surface area contributed by atoms with Gasteiger partial charge in [0.25, 0.3) is 6.71 Å². The molecule has 11 rings (SSSR count). The van der Waals surface area contributed by atoms with E-state index in [9.17, 15) is 0 Å². The van der Waals surface area contributed by atoms with E-state index in [4.69, 9.17) is 13.9 Å². The van der Waals surface area contributed by atoms with E-state index >= 15 is 0 Å². The lowest BCUT2D eigenvalue weighted by molar-refractivity contribution is 0.465. The Balaban J connectivity index is 1.15. The summed E-state index contributed by atoms with van der Waals surface area (Å²) in [5.41, 5.74) is 14.7. The molecule has 0 spiro atoms. The first kappa shape index (κ1) is 37.1. The van der Waals surface area contributed by atoms with E-state index in [1.165, 1.54) is 11.1 Å². The highest BCUT2D eigenvalue weighted by molar-refractivity contribution is 6.98. The van der Waals surface area contributed by atoms with Crippen LogP contribution in [0.25, 0.3) is 44.2 Å². The quantitative estimate of drug-likeness (QED) is 0.163. The van der Waals surface area contributed by atoms with Gasteiger partial charge in [0.1, 0.15) is 28.6 Å². The smallest absolute Gasteiger partial charge is 0.260 e. The van der Waals surface area contributed by atoms with Crippen molar-refractivity contribution < 1.29 is 13.9 Å². The number of para-hydroxylation sites is 2. The Bertz CT molecular complexity index is 3040. The van der Waals surface area contributed by atoms with Crippen LogP contribution in [0.2, 0.25) is 0 Å². The Morgan fingerprint density at radius 3 is 1.51 bits per heavy atom. The molecule has 0 unspecified atom stereocenters. The van der Waals surface area contributed by atoms with Gasteiger partial charge in [-0.05, 0) is 79.9 Å². The normalized spacial score (nSPS) is 13.0. The predicted molar refractivity (Wildman–Crippen MR) is 254 cm³/mol. The maximum atomic E-state index is 7.08. The van der Waals surface area contributed by atoms with Crippen molar-refractivity contribution in [2.24, 2.45) is 0 Å². The van der Waals surface area contributed by atoms with Crippen molar-refractivity contribution in [2.45, 2.75) is 52.4 Å². The lowest BCUT2D eigenvalue weighted by Crippen LogP contribution is -2.57. The number of rotatable bonds is 5. The molecule has 2 aliphatic rings. The fourth-order valence-electron chi connectivity index (χ4n) is 9.34. The largest absolute Gasteiger partial charge is 0.458 e. The fraction of sp³-hybridized carbons (Fsp3) is 0.143. The molecule has 9 aromatic rings. The molecule has 296 valence electrons. The van der Waals surface area contributed by atoms with Crippen LogP contribution >= 0.6 is 0 Å². The summed E-state index contributed by atoms with van der Waals surface area (Å²) in [6.45, 7) is 13.4. The third-order valence-corrected chi connectivity index (χ3v) is 12.5. The van der Waals surface area contributed by atoms with Crippen molar-refractivity contribution in [3.63, 3.8) is 0 Å². The van der Waals surface area contributed by atoms with Crippen LogP contribution in [-0.4, -0.2) is 6.71 Å². The molecule has 0 saturated carbocycles. The van der Waals surface area contributed by atoms with Gasteiger partial charge in [-0.25, -0.2) is 0 Å². The Morgan fingerprint density at radius 2 is 0.967 bits per heavy atom. The number of furan rings is 1. The molecule has 2 aliphatic heterocycles. The van der Waals surface area contributed by atoms with E-state index in [0.717, 1.165) is 101 Å². The molecular weight excluding hydrogens is 745 g/mol. The predicted octanol–water partition coefficient (Wildman–Crippen LogP) is 13.7. The molecule has 61 heavy (non-hydrogen) atoms. The molecule has 4 nitrogen and oxygen atoms in total. The van der Waals surface area contributed by atoms with Crippen LogP contribution in [0.1, 0.15) is 52.7 Å². The topological polar surface area (TPSA) is 34.8 Å². The Hall–Kier alpha value is -6.98. The SMILES string of the molecule is CC(C)(C)c1ccc(N(c2cc3c4c(c2)Oc2cc(-c5ccccc5)ccc2B4c2ccc(-c4ccccc4)cc2O3)c2cccc3c2oc2c(C(C)(C)C)cccc23)cc1. The molecule has 0 aliphatic carbocycles. The van der Waals surface area contributed by atoms with Crippen LogP contribution in [0.4, 0.5) is 17.1 Å². The van der Waals surface area contributed by atoms with E-state index in [-0.39, 0.29) is 17.5 Å². The molecule has 0 saturated heterocycles. The minimum absolute atomic E-state index is 0.00383. The first-order valence-corrected chi connectivity index (χ1v) is 21.3. The summed E-state index contributed by atoms with van der Waals surface area (Å²) in [4.78, 5) is 2.30. The Labute approximate surface area is 358 Å². The standard InChI is InChI=1S/C56H46BNO3/c1-55(2,3)39-25-27-40(28-26-39)58(47-22-14-20-43-42-19-13-21-44(56(4,5)6)53(42)61-54(43)47)41-33-50-52-51(34-41)60-49-32-38(36-17-11-8-12-18-36)24-30-46(49)57(52)45-29-23-37(31-48(45)59-50)35-15-9-7-10-16-35/h7-34H,1-6H3. The lowest BCUT2D eigenvalue weighted by Gasteiger charge is -2.35. The number of benzene rings is 8. The molecule has 0 N–H and O–H groups in total. The van der Waals surface area contributed by atoms with Crippen LogP contribution in [0.3, 0.4) is 0 Å². The highest BCUT2D eigenvalue weighted by Crippen LogP contribution is 2.47. The second-order valence-corrected chi connectivity index (χ2v) is 18.6. The van der Waals surface area contributed by atoms with Gasteiger partial charge in [0, 0.05) is 39.6 Å². The Morgan fingerprint density at radius 1 is 0.426 bits per heavy atom. The van der Waals surface area contributed by atoms with Crippen molar-refractivity contribution in [3.05, 3.63) is 181 Å². The summed E-state index contributed by atoms with van der Waals surface area (Å²) in [6.07, 6.45) is 0. The lowest BCUT2D eigenvalue weighted by atomic mass is 9.34. The minimum Gasteiger partial charge on any atom is -0.458 e. The molecule has 8 aromatic carbocycles. The minimum atomic E-state index is -0.101. The number of hydrogen-bond acceptors (Lipinski definition) is 4. The molecule has 0 fully saturated rings. The Kier molecular flexibility index (Phi) is 8.38. The first-order chi connectivity index (χ1) is 29.5. The first-order valence-electron chi connectivity index (χ1n) is 21.3. The van der Waals surface area contributed by atoms with Crippen LogP contribution in [0, 0.1) is 0 Å². The second kappa shape index (κ2) is 13.8. The number of anilines is 3. The molecule has 5 heteroatoms. The molecule has 0 amide bonds. The van der Waals surface area contributed by atoms with Crippen LogP contribution in [0.5, 0.6) is 23.0 Å². The molecule has 0 bridgehead atoms. The number of fused-ring (bicyclic) bond motifs is 7. The fourth-order valence-corrected chi connectivity index (χ4v) is 9.34. The van der Waals surface area contributed by atoms with Gasteiger partial charge in [0.05, 0.1) is 11.4 Å². The summed E-state index contributed by atoms with van der Waals surface area (Å²) in [5.74, 6) is 3.24. The van der Waals surface area contributed by atoms with Gasteiger partial charge in [-0.3, -0.25) is 0 Å².